The number of aromatic nitrogens is 1. The lowest BCUT2D eigenvalue weighted by atomic mass is 10.0. The number of hydrogen-bond donors (Lipinski definition) is 0. The van der Waals surface area contributed by atoms with Crippen molar-refractivity contribution in [2.24, 2.45) is 0 Å². The number of nitrogens with zero attached hydrogens (tertiary/aromatic N) is 1. The lowest BCUT2D eigenvalue weighted by Crippen LogP contribution is -1.98. The van der Waals surface area contributed by atoms with Crippen LogP contribution >= 0.6 is 0 Å². The number of pyridine rings is 1. The molecule has 4 rings (SSSR count). The first-order chi connectivity index (χ1) is 14.8. The maximum Gasteiger partial charge on any atom is 0.213 e. The highest BCUT2D eigenvalue weighted by atomic mass is 16.5. The van der Waals surface area contributed by atoms with Gasteiger partial charge in [0.05, 0.1) is 5.56 Å². The molecule has 3 aromatic carbocycles. The maximum absolute atomic E-state index is 6.00. The minimum atomic E-state index is 0.462. The zero-order chi connectivity index (χ0) is 20.6. The topological polar surface area (TPSA) is 31.4 Å². The molecule has 0 aliphatic heterocycles. The molecule has 1 aromatic heterocycles. The number of rotatable bonds is 7. The summed E-state index contributed by atoms with van der Waals surface area (Å²) in [5, 5.41) is 0. The molecule has 3 heteroatoms. The van der Waals surface area contributed by atoms with E-state index in [0.29, 0.717) is 24.8 Å². The zero-order valence-electron chi connectivity index (χ0n) is 16.5. The second-order valence-electron chi connectivity index (χ2n) is 6.79. The third-order valence-electron chi connectivity index (χ3n) is 4.67. The second-order valence-corrected chi connectivity index (χ2v) is 6.79. The Hall–Kier alpha value is -4.03. The Kier molecular flexibility index (Phi) is 6.08. The van der Waals surface area contributed by atoms with E-state index in [9.17, 15) is 0 Å². The SMILES string of the molecule is C#Cc1ccc(-c2ccc(OCc3ccccc3)nc2)cc1OCc1ccccc1. The first kappa shape index (κ1) is 19.3. The molecular formula is C27H21NO2. The van der Waals surface area contributed by atoms with Crippen LogP contribution in [0.1, 0.15) is 16.7 Å². The van der Waals surface area contributed by atoms with Gasteiger partial charge in [-0.3, -0.25) is 0 Å². The highest BCUT2D eigenvalue weighted by Crippen LogP contribution is 2.28. The van der Waals surface area contributed by atoms with Gasteiger partial charge in [-0.2, -0.15) is 0 Å². The summed E-state index contributed by atoms with van der Waals surface area (Å²) in [5.41, 5.74) is 4.88. The van der Waals surface area contributed by atoms with E-state index in [0.717, 1.165) is 27.8 Å². The molecule has 0 amide bonds. The van der Waals surface area contributed by atoms with E-state index in [4.69, 9.17) is 15.9 Å². The Balaban J connectivity index is 1.47. The molecule has 4 aromatic rings. The van der Waals surface area contributed by atoms with Crippen molar-refractivity contribution in [2.75, 3.05) is 0 Å². The lowest BCUT2D eigenvalue weighted by molar-refractivity contribution is 0.294. The van der Waals surface area contributed by atoms with E-state index >= 15 is 0 Å². The maximum atomic E-state index is 6.00. The van der Waals surface area contributed by atoms with Gasteiger partial charge in [0.1, 0.15) is 19.0 Å². The standard InChI is InChI=1S/C27H21NO2/c1-2-23-13-14-24(17-26(23)29-19-21-9-5-3-6-10-21)25-15-16-27(28-18-25)30-20-22-11-7-4-8-12-22/h1,3-18H,19-20H2. The summed E-state index contributed by atoms with van der Waals surface area (Å²) in [6.07, 6.45) is 7.45. The predicted molar refractivity (Wildman–Crippen MR) is 119 cm³/mol. The highest BCUT2D eigenvalue weighted by molar-refractivity contribution is 5.67. The van der Waals surface area contributed by atoms with Crippen LogP contribution in [0.5, 0.6) is 11.6 Å². The van der Waals surface area contributed by atoms with Crippen molar-refractivity contribution >= 4 is 0 Å². The largest absolute Gasteiger partial charge is 0.488 e. The zero-order valence-corrected chi connectivity index (χ0v) is 16.5. The molecule has 0 spiro atoms. The van der Waals surface area contributed by atoms with Gasteiger partial charge in [0.15, 0.2) is 0 Å². The van der Waals surface area contributed by atoms with E-state index < -0.39 is 0 Å². The fourth-order valence-electron chi connectivity index (χ4n) is 3.04. The Morgan fingerprint density at radius 1 is 0.700 bits per heavy atom. The van der Waals surface area contributed by atoms with Crippen LogP contribution in [-0.2, 0) is 13.2 Å². The third-order valence-corrected chi connectivity index (χ3v) is 4.67. The summed E-state index contributed by atoms with van der Waals surface area (Å²) in [4.78, 5) is 4.43. The van der Waals surface area contributed by atoms with Crippen molar-refractivity contribution in [1.82, 2.24) is 4.98 Å². The van der Waals surface area contributed by atoms with Crippen LogP contribution in [0.15, 0.2) is 97.2 Å². The van der Waals surface area contributed by atoms with Crippen LogP contribution in [0.2, 0.25) is 0 Å². The van der Waals surface area contributed by atoms with Gasteiger partial charge in [-0.25, -0.2) is 4.98 Å². The summed E-state index contributed by atoms with van der Waals surface area (Å²) in [6.45, 7) is 0.949. The smallest absolute Gasteiger partial charge is 0.213 e. The number of benzene rings is 3. The van der Waals surface area contributed by atoms with Crippen LogP contribution in [0.25, 0.3) is 11.1 Å². The van der Waals surface area contributed by atoms with Crippen LogP contribution in [0, 0.1) is 12.3 Å². The van der Waals surface area contributed by atoms with Gasteiger partial charge in [0, 0.05) is 17.8 Å². The molecule has 1 heterocycles. The Morgan fingerprint density at radius 2 is 1.33 bits per heavy atom. The van der Waals surface area contributed by atoms with Gasteiger partial charge in [-0.1, -0.05) is 72.7 Å². The normalized spacial score (nSPS) is 10.2. The monoisotopic (exact) mass is 391 g/mol. The summed E-state index contributed by atoms with van der Waals surface area (Å²) in [5.74, 6) is 3.96. The second kappa shape index (κ2) is 9.45. The molecule has 146 valence electrons. The van der Waals surface area contributed by atoms with E-state index in [-0.39, 0.29) is 0 Å². The van der Waals surface area contributed by atoms with Crippen LogP contribution in [-0.4, -0.2) is 4.98 Å². The predicted octanol–water partition coefficient (Wildman–Crippen LogP) is 5.89. The summed E-state index contributed by atoms with van der Waals surface area (Å²) in [7, 11) is 0. The lowest BCUT2D eigenvalue weighted by Gasteiger charge is -2.11. The fraction of sp³-hybridized carbons (Fsp3) is 0.0741. The van der Waals surface area contributed by atoms with Crippen molar-refractivity contribution in [1.29, 1.82) is 0 Å². The average molecular weight is 391 g/mol. The van der Waals surface area contributed by atoms with Crippen LogP contribution in [0.3, 0.4) is 0 Å². The molecule has 0 unspecified atom stereocenters. The van der Waals surface area contributed by atoms with Crippen molar-refractivity contribution in [3.8, 4) is 35.1 Å². The van der Waals surface area contributed by atoms with E-state index in [1.165, 1.54) is 0 Å². The average Bonchev–Trinajstić information content (AvgIpc) is 2.83. The highest BCUT2D eigenvalue weighted by Gasteiger charge is 2.07. The molecule has 0 atom stereocenters. The molecule has 3 nitrogen and oxygen atoms in total. The van der Waals surface area contributed by atoms with E-state index in [1.807, 2.05) is 91.0 Å². The van der Waals surface area contributed by atoms with Gasteiger partial charge in [-0.05, 0) is 34.9 Å². The molecule has 0 aliphatic rings. The van der Waals surface area contributed by atoms with Gasteiger partial charge < -0.3 is 9.47 Å². The quantitative estimate of drug-likeness (QED) is 0.368. The molecule has 0 saturated heterocycles. The van der Waals surface area contributed by atoms with Crippen molar-refractivity contribution in [2.45, 2.75) is 13.2 Å². The minimum absolute atomic E-state index is 0.462. The Bertz CT molecular complexity index is 1130. The van der Waals surface area contributed by atoms with Gasteiger partial charge >= 0.3 is 0 Å². The Morgan fingerprint density at radius 3 is 1.93 bits per heavy atom. The molecule has 0 N–H and O–H groups in total. The molecule has 0 aliphatic carbocycles. The molecular weight excluding hydrogens is 370 g/mol. The molecule has 0 saturated carbocycles. The molecule has 0 fully saturated rings. The summed E-state index contributed by atoms with van der Waals surface area (Å²) in [6, 6.07) is 29.7. The van der Waals surface area contributed by atoms with Gasteiger partial charge in [0.2, 0.25) is 5.88 Å². The molecule has 30 heavy (non-hydrogen) atoms. The van der Waals surface area contributed by atoms with E-state index in [2.05, 4.69) is 10.9 Å². The van der Waals surface area contributed by atoms with E-state index in [1.54, 1.807) is 6.20 Å². The first-order valence-corrected chi connectivity index (χ1v) is 9.72. The van der Waals surface area contributed by atoms with Gasteiger partial charge in [-0.15, -0.1) is 6.42 Å². The summed E-state index contributed by atoms with van der Waals surface area (Å²) < 4.78 is 11.8. The molecule has 0 bridgehead atoms. The number of terminal acetylenes is 1. The minimum Gasteiger partial charge on any atom is -0.488 e. The fourth-order valence-corrected chi connectivity index (χ4v) is 3.04. The van der Waals surface area contributed by atoms with Crippen molar-refractivity contribution in [3.05, 3.63) is 114 Å². The number of ether oxygens (including phenoxy) is 2. The van der Waals surface area contributed by atoms with Crippen molar-refractivity contribution in [3.63, 3.8) is 0 Å². The first-order valence-electron chi connectivity index (χ1n) is 9.72. The summed E-state index contributed by atoms with van der Waals surface area (Å²) >= 11 is 0. The van der Waals surface area contributed by atoms with Crippen molar-refractivity contribution < 1.29 is 9.47 Å². The third kappa shape index (κ3) is 4.87. The number of hydrogen-bond acceptors (Lipinski definition) is 3. The molecule has 0 radical (unpaired) electrons. The van der Waals surface area contributed by atoms with Crippen LogP contribution in [0.4, 0.5) is 0 Å². The Labute approximate surface area is 177 Å². The van der Waals surface area contributed by atoms with Gasteiger partial charge in [0.25, 0.3) is 0 Å². The van der Waals surface area contributed by atoms with Crippen LogP contribution < -0.4 is 9.47 Å².